The van der Waals surface area contributed by atoms with E-state index in [0.717, 1.165) is 18.6 Å². The van der Waals surface area contributed by atoms with Crippen molar-refractivity contribution in [3.63, 3.8) is 0 Å². The summed E-state index contributed by atoms with van der Waals surface area (Å²) in [6, 6.07) is 1.14. The first kappa shape index (κ1) is 14.7. The van der Waals surface area contributed by atoms with Crippen molar-refractivity contribution in [1.82, 2.24) is 0 Å². The number of sulfone groups is 2. The maximum atomic E-state index is 11.6. The van der Waals surface area contributed by atoms with E-state index in [9.17, 15) is 21.6 Å². The normalized spacial score (nSPS) is 12.5. The van der Waals surface area contributed by atoms with Gasteiger partial charge in [0.25, 0.3) is 0 Å². The zero-order valence-electron chi connectivity index (χ0n) is 9.49. The zero-order chi connectivity index (χ0) is 14.0. The third kappa shape index (κ3) is 4.49. The fourth-order valence-electron chi connectivity index (χ4n) is 1.19. The average molecular weight is 296 g/mol. The SMILES string of the molecule is CS(=O)(=O)CCS(=O)(=O)Cc1occc1C(=O)O. The molecule has 0 saturated carbocycles. The number of furan rings is 1. The Bertz CT molecular complexity index is 636. The van der Waals surface area contributed by atoms with Crippen LogP contribution >= 0.6 is 0 Å². The maximum Gasteiger partial charge on any atom is 0.339 e. The van der Waals surface area contributed by atoms with Crippen molar-refractivity contribution in [3.8, 4) is 0 Å². The summed E-state index contributed by atoms with van der Waals surface area (Å²) in [5.74, 6) is -3.19. The lowest BCUT2D eigenvalue weighted by molar-refractivity contribution is 0.0695. The molecule has 1 heterocycles. The van der Waals surface area contributed by atoms with Gasteiger partial charge in [0.15, 0.2) is 9.84 Å². The third-order valence-corrected chi connectivity index (χ3v) is 4.82. The van der Waals surface area contributed by atoms with Crippen LogP contribution in [0.5, 0.6) is 0 Å². The first-order chi connectivity index (χ1) is 8.11. The van der Waals surface area contributed by atoms with E-state index in [-0.39, 0.29) is 11.3 Å². The van der Waals surface area contributed by atoms with Gasteiger partial charge >= 0.3 is 5.97 Å². The largest absolute Gasteiger partial charge is 0.478 e. The highest BCUT2D eigenvalue weighted by atomic mass is 32.2. The molecule has 7 nitrogen and oxygen atoms in total. The van der Waals surface area contributed by atoms with Gasteiger partial charge < -0.3 is 9.52 Å². The third-order valence-electron chi connectivity index (χ3n) is 2.09. The summed E-state index contributed by atoms with van der Waals surface area (Å²) in [7, 11) is -7.12. The van der Waals surface area contributed by atoms with E-state index >= 15 is 0 Å². The molecule has 18 heavy (non-hydrogen) atoms. The number of carboxylic acids is 1. The fraction of sp³-hybridized carbons (Fsp3) is 0.444. The summed E-state index contributed by atoms with van der Waals surface area (Å²) in [6.45, 7) is 0. The van der Waals surface area contributed by atoms with E-state index in [1.807, 2.05) is 0 Å². The molecule has 0 bridgehead atoms. The van der Waals surface area contributed by atoms with Gasteiger partial charge in [0.05, 0.1) is 17.8 Å². The Hall–Kier alpha value is -1.35. The summed E-state index contributed by atoms with van der Waals surface area (Å²) in [5.41, 5.74) is -0.238. The Labute approximate surface area is 104 Å². The van der Waals surface area contributed by atoms with Crippen LogP contribution in [0.2, 0.25) is 0 Å². The second-order valence-electron chi connectivity index (χ2n) is 3.78. The van der Waals surface area contributed by atoms with Gasteiger partial charge in [-0.15, -0.1) is 0 Å². The molecule has 0 radical (unpaired) electrons. The molecular weight excluding hydrogens is 284 g/mol. The van der Waals surface area contributed by atoms with Crippen molar-refractivity contribution in [2.45, 2.75) is 5.75 Å². The van der Waals surface area contributed by atoms with Gasteiger partial charge in [0.2, 0.25) is 0 Å². The molecule has 1 aromatic heterocycles. The van der Waals surface area contributed by atoms with Gasteiger partial charge in [-0.3, -0.25) is 0 Å². The summed E-state index contributed by atoms with van der Waals surface area (Å²) in [5, 5.41) is 8.76. The summed E-state index contributed by atoms with van der Waals surface area (Å²) >= 11 is 0. The van der Waals surface area contributed by atoms with Crippen molar-refractivity contribution in [3.05, 3.63) is 23.7 Å². The van der Waals surface area contributed by atoms with Crippen molar-refractivity contribution in [1.29, 1.82) is 0 Å². The van der Waals surface area contributed by atoms with E-state index in [0.29, 0.717) is 0 Å². The number of carboxylic acid groups (broad SMARTS) is 1. The molecule has 0 aliphatic carbocycles. The summed E-state index contributed by atoms with van der Waals surface area (Å²) in [6.07, 6.45) is 2.00. The van der Waals surface area contributed by atoms with Gasteiger partial charge in [-0.2, -0.15) is 0 Å². The minimum absolute atomic E-state index is 0.198. The Kier molecular flexibility index (Phi) is 4.17. The Balaban J connectivity index is 2.83. The van der Waals surface area contributed by atoms with Crippen molar-refractivity contribution in [2.75, 3.05) is 17.8 Å². The zero-order valence-corrected chi connectivity index (χ0v) is 11.1. The Morgan fingerprint density at radius 1 is 1.28 bits per heavy atom. The standard InChI is InChI=1S/C9H12O7S2/c1-17(12,13)4-5-18(14,15)6-8-7(9(10)11)2-3-16-8/h2-3H,4-6H2,1H3,(H,10,11). The molecule has 1 aromatic rings. The second-order valence-corrected chi connectivity index (χ2v) is 8.23. The minimum Gasteiger partial charge on any atom is -0.478 e. The fourth-order valence-corrected chi connectivity index (χ4v) is 4.19. The molecule has 0 aliphatic heterocycles. The van der Waals surface area contributed by atoms with Gasteiger partial charge in [-0.05, 0) is 6.07 Å². The minimum atomic E-state index is -3.73. The smallest absolute Gasteiger partial charge is 0.339 e. The van der Waals surface area contributed by atoms with Crippen LogP contribution in [0.1, 0.15) is 16.1 Å². The molecular formula is C9H12O7S2. The van der Waals surface area contributed by atoms with Crippen LogP contribution in [0.15, 0.2) is 16.7 Å². The van der Waals surface area contributed by atoms with E-state index in [2.05, 4.69) is 0 Å². The molecule has 1 rings (SSSR count). The highest BCUT2D eigenvalue weighted by molar-refractivity contribution is 7.94. The first-order valence-corrected chi connectivity index (χ1v) is 8.67. The predicted molar refractivity (Wildman–Crippen MR) is 62.9 cm³/mol. The lowest BCUT2D eigenvalue weighted by Crippen LogP contribution is -2.18. The van der Waals surface area contributed by atoms with Crippen molar-refractivity contribution < 1.29 is 31.2 Å². The van der Waals surface area contributed by atoms with Crippen LogP contribution in [0, 0.1) is 0 Å². The van der Waals surface area contributed by atoms with E-state index < -0.39 is 42.9 Å². The number of carbonyl (C=O) groups is 1. The monoisotopic (exact) mass is 296 g/mol. The summed E-state index contributed by atoms with van der Waals surface area (Å²) in [4.78, 5) is 10.7. The average Bonchev–Trinajstić information content (AvgIpc) is 2.61. The topological polar surface area (TPSA) is 119 Å². The number of aromatic carboxylic acids is 1. The molecule has 0 atom stereocenters. The Morgan fingerprint density at radius 2 is 1.89 bits per heavy atom. The maximum absolute atomic E-state index is 11.6. The molecule has 0 saturated heterocycles. The quantitative estimate of drug-likeness (QED) is 0.780. The number of hydrogen-bond donors (Lipinski definition) is 1. The van der Waals surface area contributed by atoms with Crippen LogP contribution in [0.3, 0.4) is 0 Å². The molecule has 0 spiro atoms. The highest BCUT2D eigenvalue weighted by Gasteiger charge is 2.21. The molecule has 0 unspecified atom stereocenters. The molecule has 1 N–H and O–H groups in total. The van der Waals surface area contributed by atoms with Gasteiger partial charge in [-0.25, -0.2) is 21.6 Å². The van der Waals surface area contributed by atoms with E-state index in [1.54, 1.807) is 0 Å². The summed E-state index contributed by atoms with van der Waals surface area (Å²) < 4.78 is 49.7. The number of hydrogen-bond acceptors (Lipinski definition) is 6. The molecule has 0 fully saturated rings. The molecule has 102 valence electrons. The first-order valence-electron chi connectivity index (χ1n) is 4.78. The van der Waals surface area contributed by atoms with Crippen LogP contribution in [0.4, 0.5) is 0 Å². The van der Waals surface area contributed by atoms with Crippen LogP contribution in [-0.2, 0) is 25.4 Å². The van der Waals surface area contributed by atoms with Gasteiger partial charge in [-0.1, -0.05) is 0 Å². The van der Waals surface area contributed by atoms with Crippen LogP contribution in [0.25, 0.3) is 0 Å². The lowest BCUT2D eigenvalue weighted by atomic mass is 10.3. The van der Waals surface area contributed by atoms with Gasteiger partial charge in [0.1, 0.15) is 26.9 Å². The van der Waals surface area contributed by atoms with Gasteiger partial charge in [0, 0.05) is 6.26 Å². The van der Waals surface area contributed by atoms with Crippen LogP contribution in [-0.4, -0.2) is 45.7 Å². The highest BCUT2D eigenvalue weighted by Crippen LogP contribution is 2.14. The van der Waals surface area contributed by atoms with E-state index in [1.165, 1.54) is 0 Å². The van der Waals surface area contributed by atoms with Crippen molar-refractivity contribution in [2.24, 2.45) is 0 Å². The van der Waals surface area contributed by atoms with Crippen molar-refractivity contribution >= 4 is 25.6 Å². The molecule has 0 amide bonds. The number of rotatable bonds is 6. The van der Waals surface area contributed by atoms with Crippen LogP contribution < -0.4 is 0 Å². The molecule has 9 heteroatoms. The van der Waals surface area contributed by atoms with E-state index in [4.69, 9.17) is 9.52 Å². The second kappa shape index (κ2) is 5.11. The molecule has 0 aromatic carbocycles. The molecule has 0 aliphatic rings. The Morgan fingerprint density at radius 3 is 2.39 bits per heavy atom. The predicted octanol–water partition coefficient (Wildman–Crippen LogP) is -0.0628. The lowest BCUT2D eigenvalue weighted by Gasteiger charge is -2.02.